The SMILES string of the molecule is O[C@@]1(CN2CCCC2)COCCN(Cc2ccccc2-n2cccn2)C1. The molecule has 26 heavy (non-hydrogen) atoms. The summed E-state index contributed by atoms with van der Waals surface area (Å²) < 4.78 is 7.66. The van der Waals surface area contributed by atoms with E-state index in [1.165, 1.54) is 18.4 Å². The van der Waals surface area contributed by atoms with Crippen molar-refractivity contribution in [2.45, 2.75) is 25.0 Å². The van der Waals surface area contributed by atoms with E-state index in [2.05, 4.69) is 33.1 Å². The molecule has 140 valence electrons. The number of aliphatic hydroxyl groups is 1. The zero-order valence-electron chi connectivity index (χ0n) is 15.3. The average Bonchev–Trinajstić information content (AvgIpc) is 3.30. The molecular weight excluding hydrogens is 328 g/mol. The number of likely N-dealkylation sites (tertiary alicyclic amines) is 1. The molecule has 1 N–H and O–H groups in total. The number of hydrogen-bond donors (Lipinski definition) is 1. The topological polar surface area (TPSA) is 53.8 Å². The van der Waals surface area contributed by atoms with Gasteiger partial charge in [-0.3, -0.25) is 4.90 Å². The largest absolute Gasteiger partial charge is 0.385 e. The van der Waals surface area contributed by atoms with Crippen molar-refractivity contribution in [3.63, 3.8) is 0 Å². The predicted octanol–water partition coefficient (Wildman–Crippen LogP) is 1.53. The number of para-hydroxylation sites is 1. The molecule has 0 amide bonds. The molecule has 3 heterocycles. The third kappa shape index (κ3) is 4.15. The summed E-state index contributed by atoms with van der Waals surface area (Å²) >= 11 is 0. The highest BCUT2D eigenvalue weighted by Crippen LogP contribution is 2.21. The van der Waals surface area contributed by atoms with Crippen LogP contribution in [-0.2, 0) is 11.3 Å². The van der Waals surface area contributed by atoms with Crippen LogP contribution in [0.2, 0.25) is 0 Å². The Hall–Kier alpha value is -1.73. The first-order valence-corrected chi connectivity index (χ1v) is 9.55. The maximum atomic E-state index is 11.2. The van der Waals surface area contributed by atoms with E-state index < -0.39 is 5.60 Å². The van der Waals surface area contributed by atoms with E-state index in [0.717, 1.165) is 31.9 Å². The Morgan fingerprint density at radius 1 is 1.08 bits per heavy atom. The van der Waals surface area contributed by atoms with E-state index in [9.17, 15) is 5.11 Å². The van der Waals surface area contributed by atoms with Crippen molar-refractivity contribution < 1.29 is 9.84 Å². The first kappa shape index (κ1) is 17.7. The van der Waals surface area contributed by atoms with Crippen LogP contribution < -0.4 is 0 Å². The molecule has 2 aliphatic heterocycles. The molecule has 1 atom stereocenters. The molecule has 2 fully saturated rings. The van der Waals surface area contributed by atoms with Gasteiger partial charge >= 0.3 is 0 Å². The lowest BCUT2D eigenvalue weighted by Gasteiger charge is -2.34. The van der Waals surface area contributed by atoms with Crippen LogP contribution in [0.1, 0.15) is 18.4 Å². The molecule has 0 unspecified atom stereocenters. The number of nitrogens with zero attached hydrogens (tertiary/aromatic N) is 4. The van der Waals surface area contributed by atoms with Gasteiger partial charge < -0.3 is 14.7 Å². The Kier molecular flexibility index (Phi) is 5.36. The third-order valence-electron chi connectivity index (χ3n) is 5.29. The molecule has 0 spiro atoms. The summed E-state index contributed by atoms with van der Waals surface area (Å²) in [5.41, 5.74) is 1.49. The standard InChI is InChI=1S/C20H28N4O2/c25-20(15-22-9-3-4-10-22)16-23(12-13-26-17-20)14-18-6-1-2-7-19(18)24-11-5-8-21-24/h1-2,5-8,11,25H,3-4,9-10,12-17H2/t20-/m1/s1. The minimum absolute atomic E-state index is 0.417. The van der Waals surface area contributed by atoms with Gasteiger partial charge in [0.1, 0.15) is 5.60 Å². The Labute approximate surface area is 155 Å². The quantitative estimate of drug-likeness (QED) is 0.881. The highest BCUT2D eigenvalue weighted by atomic mass is 16.5. The van der Waals surface area contributed by atoms with Gasteiger partial charge in [0.2, 0.25) is 0 Å². The fourth-order valence-electron chi connectivity index (χ4n) is 4.10. The zero-order chi connectivity index (χ0) is 17.8. The van der Waals surface area contributed by atoms with Gasteiger partial charge in [-0.2, -0.15) is 5.10 Å². The van der Waals surface area contributed by atoms with E-state index in [1.54, 1.807) is 6.20 Å². The Balaban J connectivity index is 1.49. The minimum Gasteiger partial charge on any atom is -0.385 e. The second-order valence-corrected chi connectivity index (χ2v) is 7.55. The number of hydrogen-bond acceptors (Lipinski definition) is 5. The second kappa shape index (κ2) is 7.88. The molecule has 0 radical (unpaired) electrons. The van der Waals surface area contributed by atoms with Crippen LogP contribution in [0.4, 0.5) is 0 Å². The van der Waals surface area contributed by atoms with Crippen molar-refractivity contribution in [3.8, 4) is 5.69 Å². The Bertz CT molecular complexity index is 700. The van der Waals surface area contributed by atoms with Gasteiger partial charge in [-0.25, -0.2) is 4.68 Å². The maximum Gasteiger partial charge on any atom is 0.113 e. The number of ether oxygens (including phenoxy) is 1. The third-order valence-corrected chi connectivity index (χ3v) is 5.29. The van der Waals surface area contributed by atoms with Gasteiger partial charge in [-0.15, -0.1) is 0 Å². The number of aromatic nitrogens is 2. The normalized spacial score (nSPS) is 25.4. The van der Waals surface area contributed by atoms with Crippen molar-refractivity contribution in [1.82, 2.24) is 19.6 Å². The van der Waals surface area contributed by atoms with E-state index in [0.29, 0.717) is 26.3 Å². The number of benzene rings is 1. The van der Waals surface area contributed by atoms with E-state index in [4.69, 9.17) is 4.74 Å². The molecule has 1 aromatic heterocycles. The molecule has 6 nitrogen and oxygen atoms in total. The smallest absolute Gasteiger partial charge is 0.113 e. The fraction of sp³-hybridized carbons (Fsp3) is 0.550. The molecule has 1 aromatic carbocycles. The van der Waals surface area contributed by atoms with Crippen LogP contribution in [0.3, 0.4) is 0 Å². The molecular formula is C20H28N4O2. The van der Waals surface area contributed by atoms with Crippen LogP contribution in [-0.4, -0.2) is 76.2 Å². The molecule has 6 heteroatoms. The summed E-state index contributed by atoms with van der Waals surface area (Å²) in [7, 11) is 0. The van der Waals surface area contributed by atoms with Crippen molar-refractivity contribution in [2.24, 2.45) is 0 Å². The molecule has 0 saturated carbocycles. The summed E-state index contributed by atoms with van der Waals surface area (Å²) in [4.78, 5) is 4.68. The van der Waals surface area contributed by atoms with Gasteiger partial charge in [-0.05, 0) is 43.6 Å². The van der Waals surface area contributed by atoms with Crippen LogP contribution in [0.5, 0.6) is 0 Å². The van der Waals surface area contributed by atoms with E-state index in [-0.39, 0.29) is 0 Å². The monoisotopic (exact) mass is 356 g/mol. The summed E-state index contributed by atoms with van der Waals surface area (Å²) in [5, 5.41) is 15.6. The van der Waals surface area contributed by atoms with E-state index in [1.807, 2.05) is 23.0 Å². The van der Waals surface area contributed by atoms with Gasteiger partial charge in [0.05, 0.1) is 18.9 Å². The zero-order valence-corrected chi connectivity index (χ0v) is 15.3. The Morgan fingerprint density at radius 2 is 1.92 bits per heavy atom. The van der Waals surface area contributed by atoms with Crippen molar-refractivity contribution in [1.29, 1.82) is 0 Å². The maximum absolute atomic E-state index is 11.2. The van der Waals surface area contributed by atoms with Crippen molar-refractivity contribution in [3.05, 3.63) is 48.3 Å². The van der Waals surface area contributed by atoms with Gasteiger partial charge in [0.15, 0.2) is 0 Å². The van der Waals surface area contributed by atoms with Crippen LogP contribution in [0.15, 0.2) is 42.7 Å². The lowest BCUT2D eigenvalue weighted by Crippen LogP contribution is -2.51. The highest BCUT2D eigenvalue weighted by molar-refractivity contribution is 5.40. The predicted molar refractivity (Wildman–Crippen MR) is 100 cm³/mol. The summed E-state index contributed by atoms with van der Waals surface area (Å²) in [6.07, 6.45) is 6.23. The van der Waals surface area contributed by atoms with Crippen molar-refractivity contribution in [2.75, 3.05) is 45.9 Å². The number of rotatable bonds is 5. The molecule has 4 rings (SSSR count). The van der Waals surface area contributed by atoms with Crippen LogP contribution >= 0.6 is 0 Å². The van der Waals surface area contributed by atoms with Gasteiger partial charge in [-0.1, -0.05) is 18.2 Å². The molecule has 2 saturated heterocycles. The summed E-state index contributed by atoms with van der Waals surface area (Å²) in [5.74, 6) is 0. The highest BCUT2D eigenvalue weighted by Gasteiger charge is 2.35. The lowest BCUT2D eigenvalue weighted by molar-refractivity contribution is -0.0548. The van der Waals surface area contributed by atoms with Crippen LogP contribution in [0, 0.1) is 0 Å². The van der Waals surface area contributed by atoms with Crippen LogP contribution in [0.25, 0.3) is 5.69 Å². The van der Waals surface area contributed by atoms with Crippen molar-refractivity contribution >= 4 is 0 Å². The summed E-state index contributed by atoms with van der Waals surface area (Å²) in [6, 6.07) is 10.3. The van der Waals surface area contributed by atoms with Gasteiger partial charge in [0.25, 0.3) is 0 Å². The van der Waals surface area contributed by atoms with Gasteiger partial charge in [0, 0.05) is 38.6 Å². The minimum atomic E-state index is -0.804. The molecule has 0 bridgehead atoms. The number of β-amino-alcohol motifs (C(OH)–C–C–N with tert-alkyl or cyclic N) is 1. The first-order valence-electron chi connectivity index (χ1n) is 9.55. The molecule has 2 aromatic rings. The average molecular weight is 356 g/mol. The van der Waals surface area contributed by atoms with E-state index >= 15 is 0 Å². The second-order valence-electron chi connectivity index (χ2n) is 7.55. The lowest BCUT2D eigenvalue weighted by atomic mass is 10.0. The Morgan fingerprint density at radius 3 is 2.73 bits per heavy atom. The first-order chi connectivity index (χ1) is 12.7. The molecule has 2 aliphatic rings. The summed E-state index contributed by atoms with van der Waals surface area (Å²) in [6.45, 7) is 6.20. The molecule has 0 aliphatic carbocycles. The fourth-order valence-corrected chi connectivity index (χ4v) is 4.10.